The molecule has 0 unspecified atom stereocenters. The predicted octanol–water partition coefficient (Wildman–Crippen LogP) is 2.51. The summed E-state index contributed by atoms with van der Waals surface area (Å²) in [5.74, 6) is 2.86. The average molecular weight is 388 g/mol. The van der Waals surface area contributed by atoms with E-state index in [4.69, 9.17) is 4.74 Å². The minimum Gasteiger partial charge on any atom is -0.495 e. The molecule has 28 heavy (non-hydrogen) atoms. The summed E-state index contributed by atoms with van der Waals surface area (Å²) in [5.41, 5.74) is 1.19. The van der Waals surface area contributed by atoms with Gasteiger partial charge in [-0.3, -0.25) is 4.99 Å². The van der Waals surface area contributed by atoms with E-state index in [1.54, 1.807) is 7.11 Å². The Morgan fingerprint density at radius 1 is 1.11 bits per heavy atom. The second-order valence-electron chi connectivity index (χ2n) is 7.79. The van der Waals surface area contributed by atoms with Crippen LogP contribution >= 0.6 is 0 Å². The highest BCUT2D eigenvalue weighted by atomic mass is 16.5. The second-order valence-corrected chi connectivity index (χ2v) is 7.79. The average Bonchev–Trinajstić information content (AvgIpc) is 2.77. The molecule has 6 nitrogen and oxygen atoms in total. The minimum absolute atomic E-state index is 0.857. The third kappa shape index (κ3) is 5.31. The molecule has 1 aromatic rings. The number of piperidine rings is 1. The number of hydrogen-bond donors (Lipinski definition) is 1. The zero-order valence-corrected chi connectivity index (χ0v) is 17.9. The Bertz CT molecular complexity index is 619. The first kappa shape index (κ1) is 20.8. The molecular weight excluding hydrogens is 350 g/mol. The summed E-state index contributed by atoms with van der Waals surface area (Å²) in [6.45, 7) is 10.9. The fraction of sp³-hybridized carbons (Fsp3) is 0.682. The van der Waals surface area contributed by atoms with Gasteiger partial charge in [0.25, 0.3) is 0 Å². The van der Waals surface area contributed by atoms with Crippen molar-refractivity contribution in [3.05, 3.63) is 24.3 Å². The fourth-order valence-electron chi connectivity index (χ4n) is 4.36. The molecule has 0 aromatic heterocycles. The number of rotatable bonds is 6. The number of hydrogen-bond acceptors (Lipinski definition) is 4. The van der Waals surface area contributed by atoms with Crippen molar-refractivity contribution in [3.8, 4) is 5.75 Å². The Hall–Kier alpha value is -1.95. The van der Waals surface area contributed by atoms with Crippen molar-refractivity contribution >= 4 is 11.6 Å². The van der Waals surface area contributed by atoms with Crippen LogP contribution in [0.4, 0.5) is 5.69 Å². The lowest BCUT2D eigenvalue weighted by Crippen LogP contribution is -2.52. The molecular formula is C22H37N5O. The normalized spacial score (nSPS) is 19.8. The highest BCUT2D eigenvalue weighted by molar-refractivity contribution is 5.80. The van der Waals surface area contributed by atoms with E-state index in [1.165, 1.54) is 44.6 Å². The van der Waals surface area contributed by atoms with Gasteiger partial charge < -0.3 is 24.8 Å². The molecule has 2 heterocycles. The van der Waals surface area contributed by atoms with Crippen molar-refractivity contribution in [2.75, 3.05) is 71.4 Å². The first-order chi connectivity index (χ1) is 13.7. The molecule has 156 valence electrons. The molecule has 6 heteroatoms. The van der Waals surface area contributed by atoms with Crippen LogP contribution < -0.4 is 15.0 Å². The third-order valence-corrected chi connectivity index (χ3v) is 6.21. The smallest absolute Gasteiger partial charge is 0.193 e. The maximum atomic E-state index is 5.52. The van der Waals surface area contributed by atoms with E-state index < -0.39 is 0 Å². The van der Waals surface area contributed by atoms with Gasteiger partial charge in [0.05, 0.1) is 12.8 Å². The summed E-state index contributed by atoms with van der Waals surface area (Å²) in [4.78, 5) is 11.9. The number of para-hydroxylation sites is 2. The van der Waals surface area contributed by atoms with Crippen LogP contribution in [0.3, 0.4) is 0 Å². The summed E-state index contributed by atoms with van der Waals surface area (Å²) >= 11 is 0. The van der Waals surface area contributed by atoms with Crippen LogP contribution in [-0.4, -0.2) is 82.3 Å². The molecule has 0 aliphatic carbocycles. The zero-order chi connectivity index (χ0) is 19.8. The van der Waals surface area contributed by atoms with Crippen LogP contribution in [0.15, 0.2) is 29.3 Å². The van der Waals surface area contributed by atoms with Crippen LogP contribution in [0.5, 0.6) is 5.75 Å². The SMILES string of the molecule is CCN1CCC(CCNC(=NC)N2CCN(c3ccccc3OC)CC2)CC1. The van der Waals surface area contributed by atoms with Crippen molar-refractivity contribution in [1.82, 2.24) is 15.1 Å². The number of likely N-dealkylation sites (tertiary alicyclic amines) is 1. The molecule has 1 aromatic carbocycles. The van der Waals surface area contributed by atoms with Crippen LogP contribution in [0.2, 0.25) is 0 Å². The molecule has 2 aliphatic heterocycles. The number of ether oxygens (including phenoxy) is 1. The highest BCUT2D eigenvalue weighted by Crippen LogP contribution is 2.28. The summed E-state index contributed by atoms with van der Waals surface area (Å²) in [6, 6.07) is 8.28. The number of piperazine rings is 1. The maximum absolute atomic E-state index is 5.52. The van der Waals surface area contributed by atoms with Crippen LogP contribution in [-0.2, 0) is 0 Å². The number of nitrogens with one attached hydrogen (secondary N) is 1. The minimum atomic E-state index is 0.857. The molecule has 1 N–H and O–H groups in total. The van der Waals surface area contributed by atoms with Gasteiger partial charge in [-0.1, -0.05) is 19.1 Å². The summed E-state index contributed by atoms with van der Waals surface area (Å²) < 4.78 is 5.52. The van der Waals surface area contributed by atoms with E-state index in [1.807, 2.05) is 19.2 Å². The number of nitrogens with zero attached hydrogens (tertiary/aromatic N) is 4. The Balaban J connectivity index is 1.42. The lowest BCUT2D eigenvalue weighted by molar-refractivity contribution is 0.187. The van der Waals surface area contributed by atoms with Gasteiger partial charge in [-0.2, -0.15) is 0 Å². The van der Waals surface area contributed by atoms with E-state index in [0.29, 0.717) is 0 Å². The van der Waals surface area contributed by atoms with E-state index >= 15 is 0 Å². The van der Waals surface area contributed by atoms with E-state index in [0.717, 1.165) is 50.4 Å². The van der Waals surface area contributed by atoms with E-state index in [2.05, 4.69) is 44.1 Å². The van der Waals surface area contributed by atoms with Gasteiger partial charge in [0.1, 0.15) is 5.75 Å². The van der Waals surface area contributed by atoms with Crippen molar-refractivity contribution in [3.63, 3.8) is 0 Å². The molecule has 0 atom stereocenters. The van der Waals surface area contributed by atoms with Crippen LogP contribution in [0, 0.1) is 5.92 Å². The lowest BCUT2D eigenvalue weighted by Gasteiger charge is -2.38. The van der Waals surface area contributed by atoms with Crippen LogP contribution in [0.25, 0.3) is 0 Å². The van der Waals surface area contributed by atoms with Gasteiger partial charge in [0.15, 0.2) is 5.96 Å². The predicted molar refractivity (Wildman–Crippen MR) is 118 cm³/mol. The van der Waals surface area contributed by atoms with Crippen molar-refractivity contribution in [1.29, 1.82) is 0 Å². The van der Waals surface area contributed by atoms with Gasteiger partial charge in [-0.05, 0) is 56.9 Å². The Kier molecular flexibility index (Phi) is 7.83. The molecule has 0 radical (unpaired) electrons. The number of anilines is 1. The molecule has 2 aliphatic rings. The van der Waals surface area contributed by atoms with Crippen molar-refractivity contribution in [2.24, 2.45) is 10.9 Å². The van der Waals surface area contributed by atoms with Gasteiger partial charge >= 0.3 is 0 Å². The molecule has 0 saturated carbocycles. The number of aliphatic imine (C=N–C) groups is 1. The van der Waals surface area contributed by atoms with Crippen LogP contribution in [0.1, 0.15) is 26.2 Å². The molecule has 0 spiro atoms. The second kappa shape index (κ2) is 10.6. The summed E-state index contributed by atoms with van der Waals surface area (Å²) in [5, 5.41) is 3.61. The Morgan fingerprint density at radius 2 is 1.82 bits per heavy atom. The standard InChI is InChI=1S/C22H37N5O/c1-4-25-13-10-19(11-14-25)9-12-24-22(23-2)27-17-15-26(16-18-27)20-7-5-6-8-21(20)28-3/h5-8,19H,4,9-18H2,1-3H3,(H,23,24). The quantitative estimate of drug-likeness (QED) is 0.600. The molecule has 0 amide bonds. The van der Waals surface area contributed by atoms with Crippen molar-refractivity contribution < 1.29 is 4.74 Å². The first-order valence-corrected chi connectivity index (χ1v) is 10.8. The highest BCUT2D eigenvalue weighted by Gasteiger charge is 2.22. The van der Waals surface area contributed by atoms with Gasteiger partial charge in [0.2, 0.25) is 0 Å². The largest absolute Gasteiger partial charge is 0.495 e. The maximum Gasteiger partial charge on any atom is 0.193 e. The number of benzene rings is 1. The van der Waals surface area contributed by atoms with Gasteiger partial charge in [-0.25, -0.2) is 0 Å². The van der Waals surface area contributed by atoms with E-state index in [9.17, 15) is 0 Å². The molecule has 2 saturated heterocycles. The van der Waals surface area contributed by atoms with Gasteiger partial charge in [-0.15, -0.1) is 0 Å². The fourth-order valence-corrected chi connectivity index (χ4v) is 4.36. The number of guanidine groups is 1. The van der Waals surface area contributed by atoms with E-state index in [-0.39, 0.29) is 0 Å². The molecule has 0 bridgehead atoms. The van der Waals surface area contributed by atoms with Crippen molar-refractivity contribution in [2.45, 2.75) is 26.2 Å². The third-order valence-electron chi connectivity index (χ3n) is 6.21. The molecule has 2 fully saturated rings. The first-order valence-electron chi connectivity index (χ1n) is 10.8. The summed E-state index contributed by atoms with van der Waals surface area (Å²) in [7, 11) is 3.64. The van der Waals surface area contributed by atoms with Gasteiger partial charge in [0, 0.05) is 39.8 Å². The monoisotopic (exact) mass is 387 g/mol. The zero-order valence-electron chi connectivity index (χ0n) is 17.9. The summed E-state index contributed by atoms with van der Waals surface area (Å²) in [6.07, 6.45) is 3.93. The number of methoxy groups -OCH3 is 1. The topological polar surface area (TPSA) is 43.3 Å². The Morgan fingerprint density at radius 3 is 2.46 bits per heavy atom. The Labute approximate surface area is 170 Å². The molecule has 3 rings (SSSR count). The lowest BCUT2D eigenvalue weighted by atomic mass is 9.93.